The van der Waals surface area contributed by atoms with E-state index in [0.29, 0.717) is 0 Å². The van der Waals surface area contributed by atoms with E-state index in [-0.39, 0.29) is 18.4 Å². The van der Waals surface area contributed by atoms with Crippen molar-refractivity contribution in [3.63, 3.8) is 0 Å². The van der Waals surface area contributed by atoms with Crippen molar-refractivity contribution in [3.8, 4) is 0 Å². The number of benzene rings is 3. The fourth-order valence-corrected chi connectivity index (χ4v) is 3.23. The normalized spacial score (nSPS) is 11.9. The maximum atomic E-state index is 4.56. The van der Waals surface area contributed by atoms with E-state index in [1.807, 2.05) is 25.5 Å². The predicted octanol–water partition coefficient (Wildman–Crippen LogP) is 4.87. The first-order chi connectivity index (χ1) is 12.3. The van der Waals surface area contributed by atoms with Gasteiger partial charge in [0.05, 0.1) is 6.04 Å². The summed E-state index contributed by atoms with van der Waals surface area (Å²) < 4.78 is 2.07. The summed E-state index contributed by atoms with van der Waals surface area (Å²) >= 11 is 0. The van der Waals surface area contributed by atoms with Gasteiger partial charge >= 0.3 is 0 Å². The maximum Gasteiger partial charge on any atom is 0.130 e. The van der Waals surface area contributed by atoms with Crippen molar-refractivity contribution in [2.75, 3.05) is 0 Å². The van der Waals surface area contributed by atoms with Crippen molar-refractivity contribution in [1.29, 1.82) is 0 Å². The number of fused-ring (bicyclic) bond motifs is 1. The van der Waals surface area contributed by atoms with Crippen molar-refractivity contribution in [3.05, 3.63) is 102 Å². The van der Waals surface area contributed by atoms with Crippen molar-refractivity contribution in [2.24, 2.45) is 7.05 Å². The molecule has 0 amide bonds. The highest BCUT2D eigenvalue weighted by atomic mass is 35.5. The van der Waals surface area contributed by atoms with Gasteiger partial charge in [-0.25, -0.2) is 4.98 Å². The Labute approximate surface area is 160 Å². The van der Waals surface area contributed by atoms with Crippen LogP contribution in [0, 0.1) is 0 Å². The standard InChI is InChI=1S/C22H21N3.ClH/c1-25-14-13-23-22(25)21(19-8-3-2-4-9-19)24-16-17-11-12-18-7-5-6-10-20(18)15-17;/h2-15,21,24H,16H2,1H3;1H. The molecule has 4 aromatic rings. The van der Waals surface area contributed by atoms with Crippen LogP contribution < -0.4 is 5.32 Å². The number of hydrogen-bond acceptors (Lipinski definition) is 2. The van der Waals surface area contributed by atoms with E-state index >= 15 is 0 Å². The molecule has 0 aliphatic heterocycles. The van der Waals surface area contributed by atoms with Gasteiger partial charge in [-0.2, -0.15) is 0 Å². The maximum absolute atomic E-state index is 4.56. The minimum absolute atomic E-state index is 0. The highest BCUT2D eigenvalue weighted by molar-refractivity contribution is 5.85. The quantitative estimate of drug-likeness (QED) is 0.548. The SMILES string of the molecule is Cl.Cn1ccnc1C(NCc1ccc2ccccc2c1)c1ccccc1. The van der Waals surface area contributed by atoms with E-state index in [2.05, 4.69) is 81.6 Å². The molecule has 3 nitrogen and oxygen atoms in total. The Morgan fingerprint density at radius 1 is 0.923 bits per heavy atom. The molecule has 3 aromatic carbocycles. The molecule has 132 valence electrons. The van der Waals surface area contributed by atoms with Gasteiger partial charge in [0.1, 0.15) is 5.82 Å². The van der Waals surface area contributed by atoms with Crippen LogP contribution >= 0.6 is 12.4 Å². The van der Waals surface area contributed by atoms with Crippen LogP contribution in [0.4, 0.5) is 0 Å². The number of hydrogen-bond donors (Lipinski definition) is 1. The molecule has 0 bridgehead atoms. The Morgan fingerprint density at radius 2 is 1.65 bits per heavy atom. The van der Waals surface area contributed by atoms with Gasteiger partial charge in [-0.3, -0.25) is 5.32 Å². The van der Waals surface area contributed by atoms with Crippen LogP contribution in [0.2, 0.25) is 0 Å². The average Bonchev–Trinajstić information content (AvgIpc) is 3.08. The molecule has 1 N–H and O–H groups in total. The van der Waals surface area contributed by atoms with Crippen LogP contribution in [0.3, 0.4) is 0 Å². The molecule has 0 aliphatic carbocycles. The first-order valence-corrected chi connectivity index (χ1v) is 8.54. The molecule has 26 heavy (non-hydrogen) atoms. The van der Waals surface area contributed by atoms with E-state index in [9.17, 15) is 0 Å². The second kappa shape index (κ2) is 8.17. The first kappa shape index (κ1) is 18.2. The lowest BCUT2D eigenvalue weighted by Gasteiger charge is -2.19. The minimum Gasteiger partial charge on any atom is -0.336 e. The number of halogens is 1. The summed E-state index contributed by atoms with van der Waals surface area (Å²) in [7, 11) is 2.04. The molecule has 1 atom stereocenters. The third kappa shape index (κ3) is 3.79. The Kier molecular flexibility index (Phi) is 5.71. The summed E-state index contributed by atoms with van der Waals surface area (Å²) in [5.41, 5.74) is 2.49. The number of nitrogens with zero attached hydrogens (tertiary/aromatic N) is 2. The van der Waals surface area contributed by atoms with Gasteiger partial charge < -0.3 is 4.57 Å². The second-order valence-electron chi connectivity index (χ2n) is 6.30. The zero-order valence-electron chi connectivity index (χ0n) is 14.7. The van der Waals surface area contributed by atoms with Crippen LogP contribution in [0.15, 0.2) is 85.2 Å². The zero-order chi connectivity index (χ0) is 17.1. The van der Waals surface area contributed by atoms with Gasteiger partial charge in [-0.15, -0.1) is 12.4 Å². The van der Waals surface area contributed by atoms with Crippen LogP contribution in [0.1, 0.15) is 23.0 Å². The van der Waals surface area contributed by atoms with E-state index in [1.54, 1.807) is 0 Å². The molecule has 1 aromatic heterocycles. The first-order valence-electron chi connectivity index (χ1n) is 8.54. The molecule has 0 radical (unpaired) electrons. The largest absolute Gasteiger partial charge is 0.336 e. The lowest BCUT2D eigenvalue weighted by Crippen LogP contribution is -2.24. The van der Waals surface area contributed by atoms with Crippen molar-refractivity contribution in [2.45, 2.75) is 12.6 Å². The smallest absolute Gasteiger partial charge is 0.130 e. The zero-order valence-corrected chi connectivity index (χ0v) is 15.5. The molecule has 1 unspecified atom stereocenters. The highest BCUT2D eigenvalue weighted by Crippen LogP contribution is 2.22. The van der Waals surface area contributed by atoms with E-state index in [4.69, 9.17) is 0 Å². The van der Waals surface area contributed by atoms with Gasteiger partial charge in [0.2, 0.25) is 0 Å². The highest BCUT2D eigenvalue weighted by Gasteiger charge is 2.17. The van der Waals surface area contributed by atoms with Gasteiger partial charge in [0, 0.05) is 26.0 Å². The van der Waals surface area contributed by atoms with Crippen molar-refractivity contribution < 1.29 is 0 Å². The summed E-state index contributed by atoms with van der Waals surface area (Å²) in [4.78, 5) is 4.56. The van der Waals surface area contributed by atoms with Crippen LogP contribution in [-0.4, -0.2) is 9.55 Å². The summed E-state index contributed by atoms with van der Waals surface area (Å²) in [6, 6.07) is 25.6. The van der Waals surface area contributed by atoms with Gasteiger partial charge in [0.15, 0.2) is 0 Å². The van der Waals surface area contributed by atoms with Gasteiger partial charge in [-0.05, 0) is 28.0 Å². The van der Waals surface area contributed by atoms with E-state index in [0.717, 1.165) is 12.4 Å². The summed E-state index contributed by atoms with van der Waals surface area (Å²) in [6.07, 6.45) is 3.84. The number of rotatable bonds is 5. The summed E-state index contributed by atoms with van der Waals surface area (Å²) in [5, 5.41) is 6.22. The molecule has 4 heteroatoms. The topological polar surface area (TPSA) is 29.9 Å². The summed E-state index contributed by atoms with van der Waals surface area (Å²) in [6.45, 7) is 0.789. The molecule has 1 heterocycles. The molecule has 0 fully saturated rings. The fraction of sp³-hybridized carbons (Fsp3) is 0.136. The van der Waals surface area contributed by atoms with Gasteiger partial charge in [0.25, 0.3) is 0 Å². The van der Waals surface area contributed by atoms with Crippen LogP contribution in [0.25, 0.3) is 10.8 Å². The molecule has 4 rings (SSSR count). The summed E-state index contributed by atoms with van der Waals surface area (Å²) in [5.74, 6) is 1.02. The molecule has 0 saturated heterocycles. The Bertz CT molecular complexity index is 979. The van der Waals surface area contributed by atoms with E-state index < -0.39 is 0 Å². The monoisotopic (exact) mass is 363 g/mol. The van der Waals surface area contributed by atoms with Crippen LogP contribution in [0.5, 0.6) is 0 Å². The minimum atomic E-state index is 0. The fourth-order valence-electron chi connectivity index (χ4n) is 3.23. The van der Waals surface area contributed by atoms with Crippen molar-refractivity contribution >= 4 is 23.2 Å². The lowest BCUT2D eigenvalue weighted by atomic mass is 10.0. The Morgan fingerprint density at radius 3 is 2.38 bits per heavy atom. The van der Waals surface area contributed by atoms with Crippen LogP contribution in [-0.2, 0) is 13.6 Å². The third-order valence-electron chi connectivity index (χ3n) is 4.57. The van der Waals surface area contributed by atoms with Gasteiger partial charge in [-0.1, -0.05) is 66.7 Å². The molecular weight excluding hydrogens is 342 g/mol. The third-order valence-corrected chi connectivity index (χ3v) is 4.57. The average molecular weight is 364 g/mol. The van der Waals surface area contributed by atoms with E-state index in [1.165, 1.54) is 21.9 Å². The number of aromatic nitrogens is 2. The van der Waals surface area contributed by atoms with Crippen molar-refractivity contribution in [1.82, 2.24) is 14.9 Å². The molecule has 0 aliphatic rings. The molecule has 0 spiro atoms. The Balaban J connectivity index is 0.00000196. The predicted molar refractivity (Wildman–Crippen MR) is 110 cm³/mol. The Hall–Kier alpha value is -2.62. The number of imidazole rings is 1. The molecule has 0 saturated carbocycles. The second-order valence-corrected chi connectivity index (χ2v) is 6.30. The lowest BCUT2D eigenvalue weighted by molar-refractivity contribution is 0.558. The number of aryl methyl sites for hydroxylation is 1. The number of nitrogens with one attached hydrogen (secondary N) is 1. The molecular formula is C22H22ClN3.